The molecular formula is C15H19FO3. The number of aliphatic hydroxyl groups excluding tert-OH is 1. The van der Waals surface area contributed by atoms with E-state index in [1.807, 2.05) is 0 Å². The summed E-state index contributed by atoms with van der Waals surface area (Å²) in [4.78, 5) is 10.8. The minimum atomic E-state index is -0.572. The molecule has 1 aromatic rings. The molecular weight excluding hydrogens is 247 g/mol. The summed E-state index contributed by atoms with van der Waals surface area (Å²) in [5, 5.41) is 10.1. The van der Waals surface area contributed by atoms with Gasteiger partial charge in [0.05, 0.1) is 6.10 Å². The lowest BCUT2D eigenvalue weighted by atomic mass is 9.96. The smallest absolute Gasteiger partial charge is 0.129 e. The highest BCUT2D eigenvalue weighted by Gasteiger charge is 2.26. The second kappa shape index (κ2) is 6.15. The Balaban J connectivity index is 1.90. The molecule has 0 radical (unpaired) electrons. The number of carbonyl (C=O) groups excluding carboxylic acids is 1. The number of Topliss-reactive ketones (excluding diaryl/α,β-unsaturated/α-hetero) is 1. The average Bonchev–Trinajstić information content (AvgIpc) is 2.37. The van der Waals surface area contributed by atoms with Crippen LogP contribution in [0.3, 0.4) is 0 Å². The van der Waals surface area contributed by atoms with E-state index in [9.17, 15) is 14.3 Å². The van der Waals surface area contributed by atoms with Crippen molar-refractivity contribution >= 4 is 5.78 Å². The van der Waals surface area contributed by atoms with Crippen molar-refractivity contribution in [2.75, 3.05) is 0 Å². The van der Waals surface area contributed by atoms with Crippen molar-refractivity contribution in [2.24, 2.45) is 0 Å². The number of carbonyl (C=O) groups is 1. The van der Waals surface area contributed by atoms with Crippen LogP contribution < -0.4 is 4.74 Å². The summed E-state index contributed by atoms with van der Waals surface area (Å²) in [5.41, 5.74) is 0.854. The van der Waals surface area contributed by atoms with E-state index in [4.69, 9.17) is 4.74 Å². The van der Waals surface area contributed by atoms with Crippen molar-refractivity contribution in [3.8, 4) is 5.75 Å². The van der Waals surface area contributed by atoms with Crippen LogP contribution in [-0.2, 0) is 11.2 Å². The Morgan fingerprint density at radius 3 is 3.11 bits per heavy atom. The first-order chi connectivity index (χ1) is 9.06. The molecule has 2 rings (SSSR count). The van der Waals surface area contributed by atoms with Gasteiger partial charge in [-0.15, -0.1) is 0 Å². The lowest BCUT2D eigenvalue weighted by molar-refractivity contribution is -0.117. The van der Waals surface area contributed by atoms with E-state index < -0.39 is 6.10 Å². The minimum absolute atomic E-state index is 0.137. The molecule has 1 heterocycles. The molecule has 104 valence electrons. The van der Waals surface area contributed by atoms with E-state index in [0.29, 0.717) is 37.9 Å². The van der Waals surface area contributed by atoms with Crippen LogP contribution in [0.25, 0.3) is 0 Å². The van der Waals surface area contributed by atoms with Crippen LogP contribution in [0, 0.1) is 5.82 Å². The van der Waals surface area contributed by atoms with Crippen LogP contribution in [0.2, 0.25) is 0 Å². The molecule has 1 aliphatic rings. The number of aliphatic hydroxyl groups is 1. The number of hydrogen-bond donors (Lipinski definition) is 1. The lowest BCUT2D eigenvalue weighted by Gasteiger charge is -2.29. The quantitative estimate of drug-likeness (QED) is 0.891. The zero-order valence-corrected chi connectivity index (χ0v) is 11.1. The van der Waals surface area contributed by atoms with E-state index in [0.717, 1.165) is 5.56 Å². The summed E-state index contributed by atoms with van der Waals surface area (Å²) in [7, 11) is 0. The monoisotopic (exact) mass is 266 g/mol. The maximum Gasteiger partial charge on any atom is 0.129 e. The van der Waals surface area contributed by atoms with E-state index >= 15 is 0 Å². The number of fused-ring (bicyclic) bond motifs is 1. The fourth-order valence-corrected chi connectivity index (χ4v) is 2.40. The van der Waals surface area contributed by atoms with Gasteiger partial charge >= 0.3 is 0 Å². The second-order valence-corrected chi connectivity index (χ2v) is 5.11. The van der Waals surface area contributed by atoms with Crippen LogP contribution in [0.1, 0.15) is 38.2 Å². The van der Waals surface area contributed by atoms with Gasteiger partial charge in [-0.3, -0.25) is 0 Å². The third-order valence-electron chi connectivity index (χ3n) is 3.46. The van der Waals surface area contributed by atoms with E-state index in [-0.39, 0.29) is 17.7 Å². The van der Waals surface area contributed by atoms with Gasteiger partial charge in [0.15, 0.2) is 0 Å². The predicted molar refractivity (Wildman–Crippen MR) is 69.7 cm³/mol. The number of halogens is 1. The third-order valence-corrected chi connectivity index (χ3v) is 3.46. The summed E-state index contributed by atoms with van der Waals surface area (Å²) < 4.78 is 18.8. The van der Waals surface area contributed by atoms with Gasteiger partial charge in [0.2, 0.25) is 0 Å². The molecule has 0 saturated carbocycles. The zero-order valence-electron chi connectivity index (χ0n) is 11.1. The number of ketones is 1. The Bertz CT molecular complexity index is 459. The molecule has 0 spiro atoms. The summed E-state index contributed by atoms with van der Waals surface area (Å²) >= 11 is 0. The molecule has 1 aliphatic heterocycles. The minimum Gasteiger partial charge on any atom is -0.487 e. The first kappa shape index (κ1) is 14.0. The van der Waals surface area contributed by atoms with E-state index in [2.05, 4.69) is 0 Å². The first-order valence-electron chi connectivity index (χ1n) is 6.69. The SMILES string of the molecule is CC(=O)CCC[C@@H](O)[C@@H]1CCc2cc(F)ccc2O1. The number of ether oxygens (including phenoxy) is 1. The zero-order chi connectivity index (χ0) is 13.8. The predicted octanol–water partition coefficient (Wildman–Crippen LogP) is 2.64. The summed E-state index contributed by atoms with van der Waals surface area (Å²) in [6.45, 7) is 1.55. The molecule has 0 fully saturated rings. The summed E-state index contributed by atoms with van der Waals surface area (Å²) in [6, 6.07) is 4.45. The standard InChI is InChI=1S/C15H19FO3/c1-10(17)3-2-4-13(18)15-7-5-11-9-12(16)6-8-14(11)19-15/h6,8-9,13,15,18H,2-5,7H2,1H3/t13-,15+/m1/s1. The third kappa shape index (κ3) is 3.77. The molecule has 4 heteroatoms. The fourth-order valence-electron chi connectivity index (χ4n) is 2.40. The van der Waals surface area contributed by atoms with Gasteiger partial charge in [0, 0.05) is 6.42 Å². The van der Waals surface area contributed by atoms with Crippen LogP contribution >= 0.6 is 0 Å². The van der Waals surface area contributed by atoms with Crippen LogP contribution in [0.5, 0.6) is 5.75 Å². The van der Waals surface area contributed by atoms with Gasteiger partial charge in [0.1, 0.15) is 23.5 Å². The number of benzene rings is 1. The van der Waals surface area contributed by atoms with E-state index in [1.165, 1.54) is 12.1 Å². The molecule has 0 bridgehead atoms. The largest absolute Gasteiger partial charge is 0.487 e. The summed E-state index contributed by atoms with van der Waals surface area (Å²) in [6.07, 6.45) is 2.28. The van der Waals surface area contributed by atoms with Gasteiger partial charge < -0.3 is 14.6 Å². The Labute approximate surface area is 112 Å². The summed E-state index contributed by atoms with van der Waals surface area (Å²) in [5.74, 6) is 0.531. The maximum atomic E-state index is 13.1. The average molecular weight is 266 g/mol. The Hall–Kier alpha value is -1.42. The lowest BCUT2D eigenvalue weighted by Crippen LogP contribution is -2.35. The molecule has 3 nitrogen and oxygen atoms in total. The molecule has 0 aromatic heterocycles. The van der Waals surface area contributed by atoms with Crippen molar-refractivity contribution in [2.45, 2.75) is 51.2 Å². The highest BCUT2D eigenvalue weighted by atomic mass is 19.1. The molecule has 1 N–H and O–H groups in total. The topological polar surface area (TPSA) is 46.5 Å². The van der Waals surface area contributed by atoms with Crippen molar-refractivity contribution in [3.05, 3.63) is 29.6 Å². The van der Waals surface area contributed by atoms with E-state index in [1.54, 1.807) is 13.0 Å². The Morgan fingerprint density at radius 2 is 2.37 bits per heavy atom. The van der Waals surface area contributed by atoms with Crippen LogP contribution in [-0.4, -0.2) is 23.1 Å². The molecule has 19 heavy (non-hydrogen) atoms. The fraction of sp³-hybridized carbons (Fsp3) is 0.533. The molecule has 0 amide bonds. The van der Waals surface area contributed by atoms with Crippen molar-refractivity contribution in [1.29, 1.82) is 0 Å². The number of hydrogen-bond acceptors (Lipinski definition) is 3. The van der Waals surface area contributed by atoms with Crippen molar-refractivity contribution in [1.82, 2.24) is 0 Å². The molecule has 2 atom stereocenters. The van der Waals surface area contributed by atoms with Gasteiger partial charge in [-0.05, 0) is 56.4 Å². The second-order valence-electron chi connectivity index (χ2n) is 5.11. The number of aryl methyl sites for hydroxylation is 1. The van der Waals surface area contributed by atoms with Gasteiger partial charge in [0.25, 0.3) is 0 Å². The van der Waals surface area contributed by atoms with Crippen molar-refractivity contribution in [3.63, 3.8) is 0 Å². The van der Waals surface area contributed by atoms with Gasteiger partial charge in [-0.2, -0.15) is 0 Å². The first-order valence-corrected chi connectivity index (χ1v) is 6.69. The number of rotatable bonds is 5. The molecule has 0 aliphatic carbocycles. The van der Waals surface area contributed by atoms with Crippen molar-refractivity contribution < 1.29 is 19.0 Å². The Morgan fingerprint density at radius 1 is 1.58 bits per heavy atom. The molecule has 1 aromatic carbocycles. The highest BCUT2D eigenvalue weighted by molar-refractivity contribution is 5.75. The highest BCUT2D eigenvalue weighted by Crippen LogP contribution is 2.30. The maximum absolute atomic E-state index is 13.1. The molecule has 0 saturated heterocycles. The van der Waals surface area contributed by atoms with Crippen LogP contribution in [0.4, 0.5) is 4.39 Å². The van der Waals surface area contributed by atoms with Crippen LogP contribution in [0.15, 0.2) is 18.2 Å². The Kier molecular flexibility index (Phi) is 4.53. The molecule has 0 unspecified atom stereocenters. The normalized spacial score (nSPS) is 19.4. The van der Waals surface area contributed by atoms with Gasteiger partial charge in [-0.1, -0.05) is 0 Å². The van der Waals surface area contributed by atoms with Gasteiger partial charge in [-0.25, -0.2) is 4.39 Å².